The Morgan fingerprint density at radius 2 is 1.90 bits per heavy atom. The fourth-order valence-corrected chi connectivity index (χ4v) is 3.43. The molecule has 1 fully saturated rings. The Kier molecular flexibility index (Phi) is 5.46. The summed E-state index contributed by atoms with van der Waals surface area (Å²) in [7, 11) is 0. The maximum atomic E-state index is 13.0. The quantitative estimate of drug-likeness (QED) is 0.805. The first-order valence-electron chi connectivity index (χ1n) is 9.58. The minimum atomic E-state index is -1.23. The second-order valence-corrected chi connectivity index (χ2v) is 8.25. The number of anilines is 1. The number of likely N-dealkylation sites (tertiary alicyclic amines) is 1. The summed E-state index contributed by atoms with van der Waals surface area (Å²) in [6.07, 6.45) is 4.33. The lowest BCUT2D eigenvalue weighted by molar-refractivity contribution is -0.146. The Bertz CT molecular complexity index is 922. The van der Waals surface area contributed by atoms with Crippen molar-refractivity contribution in [2.45, 2.75) is 39.2 Å². The van der Waals surface area contributed by atoms with Crippen molar-refractivity contribution in [3.05, 3.63) is 48.3 Å². The molecule has 1 saturated heterocycles. The first-order valence-corrected chi connectivity index (χ1v) is 9.58. The van der Waals surface area contributed by atoms with Gasteiger partial charge >= 0.3 is 5.97 Å². The lowest BCUT2D eigenvalue weighted by Crippen LogP contribution is -2.50. The second-order valence-electron chi connectivity index (χ2n) is 8.25. The van der Waals surface area contributed by atoms with Crippen LogP contribution < -0.4 is 5.32 Å². The number of aromatic nitrogens is 2. The third kappa shape index (κ3) is 4.16. The average Bonchev–Trinajstić information content (AvgIpc) is 3.17. The molecular weight excluding hydrogens is 372 g/mol. The normalized spacial score (nSPS) is 19.6. The Labute approximate surface area is 169 Å². The summed E-state index contributed by atoms with van der Waals surface area (Å²) in [5.41, 5.74) is -0.935. The van der Waals surface area contributed by atoms with Gasteiger partial charge in [0.05, 0.1) is 17.3 Å². The van der Waals surface area contributed by atoms with Gasteiger partial charge in [0.15, 0.2) is 5.54 Å². The Morgan fingerprint density at radius 3 is 2.55 bits per heavy atom. The number of carbonyl (C=O) groups excluding carboxylic acids is 2. The molecule has 1 aromatic carbocycles. The number of hydrogen-bond donors (Lipinski definition) is 2. The molecule has 1 unspecified atom stereocenters. The molecule has 8 nitrogen and oxygen atoms in total. The molecule has 154 valence electrons. The van der Waals surface area contributed by atoms with E-state index >= 15 is 0 Å². The van der Waals surface area contributed by atoms with Gasteiger partial charge in [0, 0.05) is 24.8 Å². The zero-order valence-corrected chi connectivity index (χ0v) is 16.9. The number of carboxylic acids is 1. The average molecular weight is 398 g/mol. The first kappa shape index (κ1) is 20.6. The molecular formula is C21H26N4O4. The summed E-state index contributed by atoms with van der Waals surface area (Å²) in [6, 6.07) is 9.04. The zero-order chi connectivity index (χ0) is 21.2. The zero-order valence-electron chi connectivity index (χ0n) is 16.9. The van der Waals surface area contributed by atoms with Crippen LogP contribution in [0.2, 0.25) is 0 Å². The molecule has 2 aromatic rings. The highest BCUT2D eigenvalue weighted by Crippen LogP contribution is 2.32. The number of piperidine rings is 1. The summed E-state index contributed by atoms with van der Waals surface area (Å²) in [4.78, 5) is 38.9. The third-order valence-electron chi connectivity index (χ3n) is 5.49. The number of aliphatic carboxylic acids is 1. The second kappa shape index (κ2) is 7.69. The van der Waals surface area contributed by atoms with E-state index in [1.165, 1.54) is 30.9 Å². The molecule has 1 aliphatic heterocycles. The van der Waals surface area contributed by atoms with Gasteiger partial charge in [-0.15, -0.1) is 0 Å². The maximum absolute atomic E-state index is 13.0. The summed E-state index contributed by atoms with van der Waals surface area (Å²) in [5, 5.41) is 16.2. The van der Waals surface area contributed by atoms with Crippen LogP contribution in [0.1, 0.15) is 44.0 Å². The predicted octanol–water partition coefficient (Wildman–Crippen LogP) is 2.58. The number of carbonyl (C=O) groups is 3. The molecule has 0 spiro atoms. The standard InChI is InChI=1S/C21H26N4O4/c1-20(2,19(28)29)25-13-16(12-22-25)23-18(27)21(3)10-7-11-24(14-21)17(26)15-8-5-4-6-9-15/h4-6,8-9,12-13H,7,10-11,14H2,1-3H3,(H,23,27)(H,28,29). The molecule has 1 aromatic heterocycles. The highest BCUT2D eigenvalue weighted by Gasteiger charge is 2.40. The lowest BCUT2D eigenvalue weighted by atomic mass is 9.80. The molecule has 29 heavy (non-hydrogen) atoms. The summed E-state index contributed by atoms with van der Waals surface area (Å²) in [6.45, 7) is 5.84. The largest absolute Gasteiger partial charge is 0.479 e. The molecule has 0 radical (unpaired) electrons. The fourth-order valence-electron chi connectivity index (χ4n) is 3.43. The van der Waals surface area contributed by atoms with Crippen LogP contribution in [0.5, 0.6) is 0 Å². The van der Waals surface area contributed by atoms with Crippen LogP contribution in [0.25, 0.3) is 0 Å². The Morgan fingerprint density at radius 1 is 1.21 bits per heavy atom. The molecule has 2 N–H and O–H groups in total. The number of carboxylic acid groups (broad SMARTS) is 1. The summed E-state index contributed by atoms with van der Waals surface area (Å²) in [5.74, 6) is -1.32. The van der Waals surface area contributed by atoms with Crippen LogP contribution in [-0.4, -0.2) is 50.7 Å². The molecule has 2 heterocycles. The van der Waals surface area contributed by atoms with Crippen LogP contribution >= 0.6 is 0 Å². The predicted molar refractivity (Wildman–Crippen MR) is 108 cm³/mol. The molecule has 8 heteroatoms. The van der Waals surface area contributed by atoms with Gasteiger partial charge in [-0.2, -0.15) is 5.10 Å². The lowest BCUT2D eigenvalue weighted by Gasteiger charge is -2.39. The fraction of sp³-hybridized carbons (Fsp3) is 0.429. The highest BCUT2D eigenvalue weighted by atomic mass is 16.4. The SMILES string of the molecule is CC1(C(=O)Nc2cnn(C(C)(C)C(=O)O)c2)CCCN(C(=O)c2ccccc2)C1. The van der Waals surface area contributed by atoms with Crippen molar-refractivity contribution in [1.29, 1.82) is 0 Å². The van der Waals surface area contributed by atoms with Gasteiger partial charge in [-0.05, 0) is 45.7 Å². The van der Waals surface area contributed by atoms with Gasteiger partial charge in [-0.1, -0.05) is 18.2 Å². The van der Waals surface area contributed by atoms with Gasteiger partial charge in [-0.25, -0.2) is 4.79 Å². The number of benzene rings is 1. The maximum Gasteiger partial charge on any atom is 0.331 e. The number of nitrogens with zero attached hydrogens (tertiary/aromatic N) is 3. The van der Waals surface area contributed by atoms with E-state index in [1.54, 1.807) is 17.0 Å². The van der Waals surface area contributed by atoms with Crippen LogP contribution in [0, 0.1) is 5.41 Å². The minimum Gasteiger partial charge on any atom is -0.479 e. The van der Waals surface area contributed by atoms with Crippen LogP contribution in [-0.2, 0) is 15.1 Å². The number of rotatable bonds is 5. The van der Waals surface area contributed by atoms with Gasteiger partial charge in [0.25, 0.3) is 5.91 Å². The topological polar surface area (TPSA) is 105 Å². The van der Waals surface area contributed by atoms with E-state index in [0.29, 0.717) is 30.8 Å². The number of nitrogens with one attached hydrogen (secondary N) is 1. The Balaban J connectivity index is 1.71. The smallest absolute Gasteiger partial charge is 0.331 e. The van der Waals surface area contributed by atoms with Crippen molar-refractivity contribution in [2.24, 2.45) is 5.41 Å². The highest BCUT2D eigenvalue weighted by molar-refractivity contribution is 5.97. The van der Waals surface area contributed by atoms with E-state index in [2.05, 4.69) is 10.4 Å². The number of amides is 2. The van der Waals surface area contributed by atoms with Crippen molar-refractivity contribution in [1.82, 2.24) is 14.7 Å². The van der Waals surface area contributed by atoms with Gasteiger partial charge in [0.1, 0.15) is 0 Å². The molecule has 3 rings (SSSR count). The summed E-state index contributed by atoms with van der Waals surface area (Å²) < 4.78 is 1.30. The molecule has 0 saturated carbocycles. The van der Waals surface area contributed by atoms with Crippen LogP contribution in [0.3, 0.4) is 0 Å². The van der Waals surface area contributed by atoms with Gasteiger partial charge in [-0.3, -0.25) is 14.3 Å². The van der Waals surface area contributed by atoms with Crippen LogP contribution in [0.15, 0.2) is 42.7 Å². The van der Waals surface area contributed by atoms with Gasteiger partial charge in [0.2, 0.25) is 5.91 Å². The minimum absolute atomic E-state index is 0.0830. The van der Waals surface area contributed by atoms with E-state index in [9.17, 15) is 19.5 Å². The van der Waals surface area contributed by atoms with E-state index in [4.69, 9.17) is 0 Å². The molecule has 1 aliphatic rings. The monoisotopic (exact) mass is 398 g/mol. The van der Waals surface area contributed by atoms with Crippen molar-refractivity contribution >= 4 is 23.5 Å². The van der Waals surface area contributed by atoms with E-state index in [-0.39, 0.29) is 11.8 Å². The third-order valence-corrected chi connectivity index (χ3v) is 5.49. The van der Waals surface area contributed by atoms with Crippen molar-refractivity contribution in [3.8, 4) is 0 Å². The molecule has 0 bridgehead atoms. The van der Waals surface area contributed by atoms with Crippen molar-refractivity contribution in [2.75, 3.05) is 18.4 Å². The first-order chi connectivity index (χ1) is 13.6. The molecule has 0 aliphatic carbocycles. The Hall–Kier alpha value is -3.16. The number of hydrogen-bond acceptors (Lipinski definition) is 4. The van der Waals surface area contributed by atoms with Crippen molar-refractivity contribution < 1.29 is 19.5 Å². The molecule has 1 atom stereocenters. The van der Waals surface area contributed by atoms with E-state index in [0.717, 1.165) is 6.42 Å². The summed E-state index contributed by atoms with van der Waals surface area (Å²) >= 11 is 0. The van der Waals surface area contributed by atoms with Crippen LogP contribution in [0.4, 0.5) is 5.69 Å². The van der Waals surface area contributed by atoms with Gasteiger partial charge < -0.3 is 15.3 Å². The van der Waals surface area contributed by atoms with Crippen molar-refractivity contribution in [3.63, 3.8) is 0 Å². The molecule has 2 amide bonds. The van der Waals surface area contributed by atoms with E-state index < -0.39 is 16.9 Å². The van der Waals surface area contributed by atoms with E-state index in [1.807, 2.05) is 25.1 Å².